The molecule has 2 amide bonds. The highest BCUT2D eigenvalue weighted by Crippen LogP contribution is 2.00. The Labute approximate surface area is 138 Å². The maximum absolute atomic E-state index is 11.8. The van der Waals surface area contributed by atoms with Crippen LogP contribution in [0.5, 0.6) is 0 Å². The average Bonchev–Trinajstić information content (AvgIpc) is 2.65. The van der Waals surface area contributed by atoms with E-state index in [1.165, 1.54) is 0 Å². The number of rotatable bonds is 7. The largest absolute Gasteiger partial charge is 0.347 e. The van der Waals surface area contributed by atoms with E-state index in [9.17, 15) is 19.2 Å². The summed E-state index contributed by atoms with van der Waals surface area (Å²) in [6, 6.07) is 16.3. The van der Waals surface area contributed by atoms with Crippen LogP contribution in [0.3, 0.4) is 0 Å². The van der Waals surface area contributed by atoms with Crippen LogP contribution >= 0.6 is 0 Å². The fourth-order valence-corrected chi connectivity index (χ4v) is 1.95. The molecule has 24 heavy (non-hydrogen) atoms. The first-order valence-corrected chi connectivity index (χ1v) is 7.34. The standard InChI is InChI=1S/C18H16N2O4/c21-15(13-7-3-1-4-8-13)17(23)19-11-12-20-18(24)16(22)14-9-5-2-6-10-14/h1-10H,11-12H2,(H,19,23)(H,20,24). The van der Waals surface area contributed by atoms with Crippen molar-refractivity contribution < 1.29 is 19.2 Å². The van der Waals surface area contributed by atoms with E-state index in [0.29, 0.717) is 11.1 Å². The Bertz CT molecular complexity index is 677. The molecule has 0 spiro atoms. The monoisotopic (exact) mass is 324 g/mol. The molecule has 0 radical (unpaired) electrons. The van der Waals surface area contributed by atoms with Crippen molar-refractivity contribution in [1.29, 1.82) is 0 Å². The second kappa shape index (κ2) is 8.38. The molecule has 2 rings (SSSR count). The van der Waals surface area contributed by atoms with Gasteiger partial charge in [-0.2, -0.15) is 0 Å². The molecule has 0 aliphatic rings. The molecule has 122 valence electrons. The Morgan fingerprint density at radius 3 is 1.25 bits per heavy atom. The Kier molecular flexibility index (Phi) is 5.96. The van der Waals surface area contributed by atoms with E-state index in [2.05, 4.69) is 10.6 Å². The highest BCUT2D eigenvalue weighted by Gasteiger charge is 2.17. The molecule has 0 saturated carbocycles. The van der Waals surface area contributed by atoms with Crippen LogP contribution in [0.15, 0.2) is 60.7 Å². The van der Waals surface area contributed by atoms with Crippen molar-refractivity contribution in [3.8, 4) is 0 Å². The predicted molar refractivity (Wildman–Crippen MR) is 87.6 cm³/mol. The first-order chi connectivity index (χ1) is 11.6. The lowest BCUT2D eigenvalue weighted by Gasteiger charge is -2.06. The number of hydrogen-bond acceptors (Lipinski definition) is 4. The molecule has 0 atom stereocenters. The van der Waals surface area contributed by atoms with Crippen LogP contribution in [0, 0.1) is 0 Å². The minimum atomic E-state index is -0.759. The van der Waals surface area contributed by atoms with Gasteiger partial charge in [0, 0.05) is 24.2 Å². The lowest BCUT2D eigenvalue weighted by Crippen LogP contribution is -2.39. The summed E-state index contributed by atoms with van der Waals surface area (Å²) >= 11 is 0. The molecule has 0 aliphatic heterocycles. The number of carbonyl (C=O) groups excluding carboxylic acids is 4. The van der Waals surface area contributed by atoms with Gasteiger partial charge in [-0.15, -0.1) is 0 Å². The first-order valence-electron chi connectivity index (χ1n) is 7.34. The molecule has 0 heterocycles. The molecule has 0 fully saturated rings. The zero-order chi connectivity index (χ0) is 17.4. The van der Waals surface area contributed by atoms with Crippen molar-refractivity contribution in [3.05, 3.63) is 71.8 Å². The number of hydrogen-bond donors (Lipinski definition) is 2. The van der Waals surface area contributed by atoms with Gasteiger partial charge in [-0.25, -0.2) is 0 Å². The zero-order valence-electron chi connectivity index (χ0n) is 12.8. The van der Waals surface area contributed by atoms with Crippen LogP contribution in [0.4, 0.5) is 0 Å². The van der Waals surface area contributed by atoms with E-state index >= 15 is 0 Å². The second-order valence-corrected chi connectivity index (χ2v) is 4.90. The number of benzene rings is 2. The average molecular weight is 324 g/mol. The molecule has 6 heteroatoms. The Morgan fingerprint density at radius 2 is 0.917 bits per heavy atom. The topological polar surface area (TPSA) is 92.3 Å². The summed E-state index contributed by atoms with van der Waals surface area (Å²) in [5, 5.41) is 4.80. The fourth-order valence-electron chi connectivity index (χ4n) is 1.95. The minimum absolute atomic E-state index is 0.0468. The summed E-state index contributed by atoms with van der Waals surface area (Å²) in [7, 11) is 0. The van der Waals surface area contributed by atoms with Crippen molar-refractivity contribution in [1.82, 2.24) is 10.6 Å². The molecule has 0 unspecified atom stereocenters. The molecule has 0 aliphatic carbocycles. The van der Waals surface area contributed by atoms with E-state index in [1.807, 2.05) is 0 Å². The predicted octanol–water partition coefficient (Wildman–Crippen LogP) is 0.985. The maximum Gasteiger partial charge on any atom is 0.292 e. The normalized spacial score (nSPS) is 9.83. The first kappa shape index (κ1) is 17.1. The fraction of sp³-hybridized carbons (Fsp3) is 0.111. The third-order valence-electron chi connectivity index (χ3n) is 3.18. The number of nitrogens with one attached hydrogen (secondary N) is 2. The molecular formula is C18H16N2O4. The van der Waals surface area contributed by atoms with Crippen LogP contribution < -0.4 is 10.6 Å². The van der Waals surface area contributed by atoms with E-state index < -0.39 is 23.4 Å². The summed E-state index contributed by atoms with van der Waals surface area (Å²) < 4.78 is 0. The van der Waals surface area contributed by atoms with Gasteiger partial charge in [-0.3, -0.25) is 19.2 Å². The summed E-state index contributed by atoms with van der Waals surface area (Å²) in [5.74, 6) is -2.82. The van der Waals surface area contributed by atoms with Crippen LogP contribution in [0.1, 0.15) is 20.7 Å². The SMILES string of the molecule is O=C(NCCNC(=O)C(=O)c1ccccc1)C(=O)c1ccccc1. The van der Waals surface area contributed by atoms with Gasteiger partial charge in [0.2, 0.25) is 11.6 Å². The van der Waals surface area contributed by atoms with Gasteiger partial charge in [0.1, 0.15) is 0 Å². The van der Waals surface area contributed by atoms with Gasteiger partial charge in [-0.05, 0) is 0 Å². The van der Waals surface area contributed by atoms with Crippen molar-refractivity contribution in [2.75, 3.05) is 13.1 Å². The molecular weight excluding hydrogens is 308 g/mol. The van der Waals surface area contributed by atoms with Crippen molar-refractivity contribution in [3.63, 3.8) is 0 Å². The maximum atomic E-state index is 11.8. The van der Waals surface area contributed by atoms with Gasteiger partial charge >= 0.3 is 0 Å². The van der Waals surface area contributed by atoms with Gasteiger partial charge in [-0.1, -0.05) is 60.7 Å². The molecule has 2 aromatic rings. The summed E-state index contributed by atoms with van der Waals surface area (Å²) in [4.78, 5) is 47.0. The summed E-state index contributed by atoms with van der Waals surface area (Å²) in [5.41, 5.74) is 0.580. The van der Waals surface area contributed by atoms with Gasteiger partial charge in [0.25, 0.3) is 11.8 Å². The number of amides is 2. The third kappa shape index (κ3) is 4.61. The highest BCUT2D eigenvalue weighted by molar-refractivity contribution is 6.43. The molecule has 0 bridgehead atoms. The summed E-state index contributed by atoms with van der Waals surface area (Å²) in [6.07, 6.45) is 0. The van der Waals surface area contributed by atoms with Crippen LogP contribution in [-0.2, 0) is 9.59 Å². The summed E-state index contributed by atoms with van der Waals surface area (Å²) in [6.45, 7) is 0.0937. The van der Waals surface area contributed by atoms with E-state index in [4.69, 9.17) is 0 Å². The second-order valence-electron chi connectivity index (χ2n) is 4.90. The van der Waals surface area contributed by atoms with Crippen molar-refractivity contribution in [2.45, 2.75) is 0 Å². The van der Waals surface area contributed by atoms with E-state index in [0.717, 1.165) is 0 Å². The van der Waals surface area contributed by atoms with E-state index in [1.54, 1.807) is 60.7 Å². The number of ketones is 2. The van der Waals surface area contributed by atoms with Crippen LogP contribution in [0.25, 0.3) is 0 Å². The molecule has 2 N–H and O–H groups in total. The lowest BCUT2D eigenvalue weighted by molar-refractivity contribution is -0.118. The molecule has 0 aromatic heterocycles. The Balaban J connectivity index is 1.74. The van der Waals surface area contributed by atoms with Gasteiger partial charge in [0.05, 0.1) is 0 Å². The number of carbonyl (C=O) groups is 4. The van der Waals surface area contributed by atoms with E-state index in [-0.39, 0.29) is 13.1 Å². The van der Waals surface area contributed by atoms with Crippen molar-refractivity contribution >= 4 is 23.4 Å². The number of Topliss-reactive ketones (excluding diaryl/α,β-unsaturated/α-hetero) is 2. The molecule has 6 nitrogen and oxygen atoms in total. The van der Waals surface area contributed by atoms with Crippen LogP contribution in [0.2, 0.25) is 0 Å². The van der Waals surface area contributed by atoms with Crippen molar-refractivity contribution in [2.24, 2.45) is 0 Å². The molecule has 0 saturated heterocycles. The minimum Gasteiger partial charge on any atom is -0.347 e. The zero-order valence-corrected chi connectivity index (χ0v) is 12.8. The molecule has 2 aromatic carbocycles. The quantitative estimate of drug-likeness (QED) is 0.451. The third-order valence-corrected chi connectivity index (χ3v) is 3.18. The Morgan fingerprint density at radius 1 is 0.583 bits per heavy atom. The highest BCUT2D eigenvalue weighted by atomic mass is 16.2. The smallest absolute Gasteiger partial charge is 0.292 e. The van der Waals surface area contributed by atoms with Gasteiger partial charge < -0.3 is 10.6 Å². The Hall–Kier alpha value is -3.28. The van der Waals surface area contributed by atoms with Crippen LogP contribution in [-0.4, -0.2) is 36.5 Å². The van der Waals surface area contributed by atoms with Gasteiger partial charge in [0.15, 0.2) is 0 Å². The lowest BCUT2D eigenvalue weighted by atomic mass is 10.1.